The lowest BCUT2D eigenvalue weighted by molar-refractivity contribution is 0.347. The number of methoxy groups -OCH3 is 1. The zero-order valence-electron chi connectivity index (χ0n) is 7.66. The summed E-state index contributed by atoms with van der Waals surface area (Å²) in [7, 11) is 1.59. The van der Waals surface area contributed by atoms with Crippen LogP contribution in [-0.4, -0.2) is 7.11 Å². The Morgan fingerprint density at radius 2 is 2.08 bits per heavy atom. The number of halogens is 1. The van der Waals surface area contributed by atoms with Gasteiger partial charge in [0.1, 0.15) is 11.9 Å². The standard InChI is InChI=1S/C11H13FO/c1-3-4-11(12)9-5-7-10(13-2)8-6-9/h3,5-8,11H,1,4H2,2H3. The Hall–Kier alpha value is -1.31. The highest BCUT2D eigenvalue weighted by Gasteiger charge is 2.06. The summed E-state index contributed by atoms with van der Waals surface area (Å²) in [6.07, 6.45) is 0.977. The average molecular weight is 180 g/mol. The SMILES string of the molecule is C=CCC(F)c1ccc(OC)cc1. The van der Waals surface area contributed by atoms with Crippen molar-refractivity contribution >= 4 is 0 Å². The molecule has 13 heavy (non-hydrogen) atoms. The van der Waals surface area contributed by atoms with E-state index in [-0.39, 0.29) is 0 Å². The van der Waals surface area contributed by atoms with Gasteiger partial charge in [-0.3, -0.25) is 0 Å². The van der Waals surface area contributed by atoms with E-state index >= 15 is 0 Å². The molecule has 1 aromatic carbocycles. The maximum atomic E-state index is 13.3. The maximum absolute atomic E-state index is 13.3. The van der Waals surface area contributed by atoms with Gasteiger partial charge in [0.25, 0.3) is 0 Å². The molecule has 1 atom stereocenters. The van der Waals surface area contributed by atoms with E-state index in [1.807, 2.05) is 0 Å². The molecule has 0 heterocycles. The Bertz CT molecular complexity index is 266. The van der Waals surface area contributed by atoms with Crippen molar-refractivity contribution in [3.05, 3.63) is 42.5 Å². The monoisotopic (exact) mass is 180 g/mol. The highest BCUT2D eigenvalue weighted by molar-refractivity contribution is 5.28. The number of ether oxygens (including phenoxy) is 1. The Labute approximate surface area is 77.8 Å². The summed E-state index contributed by atoms with van der Waals surface area (Å²) in [5, 5.41) is 0. The first-order valence-electron chi connectivity index (χ1n) is 4.17. The molecule has 0 radical (unpaired) electrons. The van der Waals surface area contributed by atoms with Gasteiger partial charge in [-0.05, 0) is 17.7 Å². The molecule has 0 aromatic heterocycles. The molecule has 0 saturated heterocycles. The van der Waals surface area contributed by atoms with E-state index in [9.17, 15) is 4.39 Å². The van der Waals surface area contributed by atoms with E-state index in [4.69, 9.17) is 4.74 Å². The van der Waals surface area contributed by atoms with E-state index < -0.39 is 6.17 Å². The lowest BCUT2D eigenvalue weighted by atomic mass is 10.1. The van der Waals surface area contributed by atoms with Gasteiger partial charge in [0.15, 0.2) is 0 Å². The van der Waals surface area contributed by atoms with Gasteiger partial charge in [-0.2, -0.15) is 0 Å². The zero-order valence-corrected chi connectivity index (χ0v) is 7.66. The summed E-state index contributed by atoms with van der Waals surface area (Å²) in [6, 6.07) is 6.97. The molecule has 1 rings (SSSR count). The molecule has 0 amide bonds. The summed E-state index contributed by atoms with van der Waals surface area (Å²) in [5.74, 6) is 0.745. The lowest BCUT2D eigenvalue weighted by Gasteiger charge is -2.06. The third-order valence-electron chi connectivity index (χ3n) is 1.85. The quantitative estimate of drug-likeness (QED) is 0.646. The van der Waals surface area contributed by atoms with Crippen LogP contribution in [0, 0.1) is 0 Å². The molecule has 0 N–H and O–H groups in total. The van der Waals surface area contributed by atoms with E-state index in [1.165, 1.54) is 0 Å². The molecule has 1 aromatic rings. The smallest absolute Gasteiger partial charge is 0.129 e. The predicted molar refractivity (Wildman–Crippen MR) is 51.7 cm³/mol. The van der Waals surface area contributed by atoms with Gasteiger partial charge in [0.05, 0.1) is 7.11 Å². The fourth-order valence-corrected chi connectivity index (χ4v) is 1.10. The fourth-order valence-electron chi connectivity index (χ4n) is 1.10. The van der Waals surface area contributed by atoms with Crippen LogP contribution in [0.25, 0.3) is 0 Å². The van der Waals surface area contributed by atoms with Crippen LogP contribution in [0.2, 0.25) is 0 Å². The molecule has 0 aliphatic rings. The van der Waals surface area contributed by atoms with Crippen LogP contribution in [-0.2, 0) is 0 Å². The van der Waals surface area contributed by atoms with E-state index in [2.05, 4.69) is 6.58 Å². The van der Waals surface area contributed by atoms with Gasteiger partial charge in [0.2, 0.25) is 0 Å². The third-order valence-corrected chi connectivity index (χ3v) is 1.85. The van der Waals surface area contributed by atoms with Crippen LogP contribution >= 0.6 is 0 Å². The second kappa shape index (κ2) is 4.65. The van der Waals surface area contributed by atoms with Crippen molar-refractivity contribution in [2.45, 2.75) is 12.6 Å². The van der Waals surface area contributed by atoms with Crippen molar-refractivity contribution in [2.75, 3.05) is 7.11 Å². The molecule has 0 fully saturated rings. The first-order valence-corrected chi connectivity index (χ1v) is 4.17. The maximum Gasteiger partial charge on any atom is 0.129 e. The highest BCUT2D eigenvalue weighted by atomic mass is 19.1. The molecule has 0 saturated carbocycles. The first-order chi connectivity index (χ1) is 6.27. The van der Waals surface area contributed by atoms with E-state index in [0.29, 0.717) is 12.0 Å². The lowest BCUT2D eigenvalue weighted by Crippen LogP contribution is -1.90. The van der Waals surface area contributed by atoms with Gasteiger partial charge >= 0.3 is 0 Å². The second-order valence-electron chi connectivity index (χ2n) is 2.77. The number of hydrogen-bond donors (Lipinski definition) is 0. The van der Waals surface area contributed by atoms with Gasteiger partial charge < -0.3 is 4.74 Å². The van der Waals surface area contributed by atoms with Crippen LogP contribution in [0.5, 0.6) is 5.75 Å². The topological polar surface area (TPSA) is 9.23 Å². The minimum atomic E-state index is -0.955. The molecule has 2 heteroatoms. The molecule has 0 aliphatic heterocycles. The normalized spacial score (nSPS) is 12.2. The molecule has 1 nitrogen and oxygen atoms in total. The summed E-state index contributed by atoms with van der Waals surface area (Å²) in [6.45, 7) is 3.50. The number of rotatable bonds is 4. The van der Waals surface area contributed by atoms with Crippen molar-refractivity contribution in [2.24, 2.45) is 0 Å². The van der Waals surface area contributed by atoms with Crippen molar-refractivity contribution in [1.29, 1.82) is 0 Å². The highest BCUT2D eigenvalue weighted by Crippen LogP contribution is 2.23. The largest absolute Gasteiger partial charge is 0.497 e. The molecule has 0 bridgehead atoms. The van der Waals surface area contributed by atoms with Crippen LogP contribution in [0.1, 0.15) is 18.2 Å². The van der Waals surface area contributed by atoms with Gasteiger partial charge in [0, 0.05) is 6.42 Å². The van der Waals surface area contributed by atoms with E-state index in [1.54, 1.807) is 37.5 Å². The molecule has 0 spiro atoms. The molecular weight excluding hydrogens is 167 g/mol. The third kappa shape index (κ3) is 2.58. The summed E-state index contributed by atoms with van der Waals surface area (Å²) < 4.78 is 18.2. The number of alkyl halides is 1. The van der Waals surface area contributed by atoms with Crippen molar-refractivity contribution in [3.8, 4) is 5.75 Å². The molecular formula is C11H13FO. The number of allylic oxidation sites excluding steroid dienone is 1. The summed E-state index contributed by atoms with van der Waals surface area (Å²) in [4.78, 5) is 0. The van der Waals surface area contributed by atoms with Crippen molar-refractivity contribution < 1.29 is 9.13 Å². The van der Waals surface area contributed by atoms with Crippen molar-refractivity contribution in [1.82, 2.24) is 0 Å². The summed E-state index contributed by atoms with van der Waals surface area (Å²) in [5.41, 5.74) is 0.667. The molecule has 0 aliphatic carbocycles. The van der Waals surface area contributed by atoms with Crippen molar-refractivity contribution in [3.63, 3.8) is 0 Å². The zero-order chi connectivity index (χ0) is 9.68. The minimum absolute atomic E-state index is 0.354. The van der Waals surface area contributed by atoms with Crippen LogP contribution in [0.4, 0.5) is 4.39 Å². The van der Waals surface area contributed by atoms with Crippen LogP contribution < -0.4 is 4.74 Å². The molecule has 1 unspecified atom stereocenters. The Balaban J connectivity index is 2.73. The Morgan fingerprint density at radius 3 is 2.54 bits per heavy atom. The van der Waals surface area contributed by atoms with E-state index in [0.717, 1.165) is 5.75 Å². The van der Waals surface area contributed by atoms with Gasteiger partial charge in [-0.1, -0.05) is 18.2 Å². The Kier molecular flexibility index (Phi) is 3.50. The minimum Gasteiger partial charge on any atom is -0.497 e. The fraction of sp³-hybridized carbons (Fsp3) is 0.273. The molecule has 70 valence electrons. The Morgan fingerprint density at radius 1 is 1.46 bits per heavy atom. The summed E-state index contributed by atoms with van der Waals surface area (Å²) >= 11 is 0. The number of benzene rings is 1. The van der Waals surface area contributed by atoms with Gasteiger partial charge in [-0.25, -0.2) is 4.39 Å². The predicted octanol–water partition coefficient (Wildman–Crippen LogP) is 3.28. The average Bonchev–Trinajstić information content (AvgIpc) is 2.18. The number of hydrogen-bond acceptors (Lipinski definition) is 1. The van der Waals surface area contributed by atoms with Gasteiger partial charge in [-0.15, -0.1) is 6.58 Å². The first kappa shape index (κ1) is 9.78. The second-order valence-corrected chi connectivity index (χ2v) is 2.77. The van der Waals surface area contributed by atoms with Crippen LogP contribution in [0.3, 0.4) is 0 Å². The van der Waals surface area contributed by atoms with Crippen LogP contribution in [0.15, 0.2) is 36.9 Å².